The Balaban J connectivity index is 1.67. The van der Waals surface area contributed by atoms with E-state index in [1.165, 1.54) is 23.1 Å². The highest BCUT2D eigenvalue weighted by Crippen LogP contribution is 2.39. The average Bonchev–Trinajstić information content (AvgIpc) is 3.12. The fraction of sp³-hybridized carbons (Fsp3) is 0.150. The molecule has 2 aromatic carbocycles. The van der Waals surface area contributed by atoms with Gasteiger partial charge >= 0.3 is 6.03 Å². The first-order valence-corrected chi connectivity index (χ1v) is 10.0. The maximum atomic E-state index is 13.4. The van der Waals surface area contributed by atoms with Gasteiger partial charge in [-0.3, -0.25) is 0 Å². The highest BCUT2D eigenvalue weighted by Gasteiger charge is 2.29. The quantitative estimate of drug-likeness (QED) is 0.546. The number of methoxy groups -OCH3 is 1. The number of aromatic nitrogens is 2. The molecule has 30 heavy (non-hydrogen) atoms. The summed E-state index contributed by atoms with van der Waals surface area (Å²) in [6.45, 7) is 0.488. The van der Waals surface area contributed by atoms with Crippen molar-refractivity contribution in [2.75, 3.05) is 18.2 Å². The van der Waals surface area contributed by atoms with Crippen LogP contribution in [0.5, 0.6) is 5.75 Å². The lowest BCUT2D eigenvalue weighted by molar-refractivity contribution is 0.212. The summed E-state index contributed by atoms with van der Waals surface area (Å²) in [6.07, 6.45) is 0. The minimum Gasteiger partial charge on any atom is -0.496 e. The minimum absolute atomic E-state index is 0.0779. The van der Waals surface area contributed by atoms with Gasteiger partial charge < -0.3 is 20.7 Å². The summed E-state index contributed by atoms with van der Waals surface area (Å²) in [4.78, 5) is 22.9. The van der Waals surface area contributed by atoms with Crippen molar-refractivity contribution in [3.63, 3.8) is 0 Å². The average molecular weight is 493 g/mol. The van der Waals surface area contributed by atoms with Gasteiger partial charge in [0.25, 0.3) is 0 Å². The molecule has 0 aliphatic carbocycles. The van der Waals surface area contributed by atoms with Crippen molar-refractivity contribution >= 4 is 45.2 Å². The van der Waals surface area contributed by atoms with Gasteiger partial charge in [-0.1, -0.05) is 17.7 Å². The van der Waals surface area contributed by atoms with Crippen LogP contribution in [0.2, 0.25) is 5.02 Å². The summed E-state index contributed by atoms with van der Waals surface area (Å²) < 4.78 is 19.5. The molecule has 154 valence electrons. The molecular weight excluding hydrogens is 477 g/mol. The first-order chi connectivity index (χ1) is 14.4. The fourth-order valence-electron chi connectivity index (χ4n) is 3.28. The summed E-state index contributed by atoms with van der Waals surface area (Å²) in [5.41, 5.74) is 8.80. The largest absolute Gasteiger partial charge is 0.496 e. The molecule has 0 atom stereocenters. The number of carbonyl (C=O) groups is 1. The lowest BCUT2D eigenvalue weighted by atomic mass is 10.1. The first-order valence-electron chi connectivity index (χ1n) is 8.86. The highest BCUT2D eigenvalue weighted by molar-refractivity contribution is 9.10. The van der Waals surface area contributed by atoms with Crippen molar-refractivity contribution in [1.29, 1.82) is 0 Å². The van der Waals surface area contributed by atoms with Gasteiger partial charge in [0, 0.05) is 16.8 Å². The molecule has 0 spiro atoms. The van der Waals surface area contributed by atoms with Gasteiger partial charge in [0.05, 0.1) is 41.1 Å². The molecule has 0 saturated heterocycles. The number of amides is 2. The number of benzene rings is 2. The van der Waals surface area contributed by atoms with Crippen LogP contribution in [-0.2, 0) is 13.1 Å². The van der Waals surface area contributed by atoms with Gasteiger partial charge in [-0.25, -0.2) is 19.2 Å². The summed E-state index contributed by atoms with van der Waals surface area (Å²) in [5.74, 6) is 0.227. The molecule has 4 rings (SSSR count). The zero-order valence-corrected chi connectivity index (χ0v) is 18.1. The Bertz CT molecular complexity index is 1160. The zero-order valence-electron chi connectivity index (χ0n) is 15.7. The summed E-state index contributed by atoms with van der Waals surface area (Å²) >= 11 is 9.85. The number of nitrogens with zero attached hydrogens (tertiary/aromatic N) is 3. The molecule has 0 bridgehead atoms. The topological polar surface area (TPSA) is 93.4 Å². The van der Waals surface area contributed by atoms with Gasteiger partial charge in [-0.15, -0.1) is 0 Å². The molecule has 0 unspecified atom stereocenters. The number of hydrogen-bond donors (Lipinski definition) is 2. The molecule has 1 aliphatic heterocycles. The predicted molar refractivity (Wildman–Crippen MR) is 116 cm³/mol. The Kier molecular flexibility index (Phi) is 5.48. The van der Waals surface area contributed by atoms with Crippen LogP contribution >= 0.6 is 27.5 Å². The molecule has 1 aliphatic rings. The molecule has 3 N–H and O–H groups in total. The predicted octanol–water partition coefficient (Wildman–Crippen LogP) is 4.84. The molecule has 0 saturated carbocycles. The number of hydrogen-bond acceptors (Lipinski definition) is 5. The van der Waals surface area contributed by atoms with E-state index < -0.39 is 5.82 Å². The molecule has 1 aromatic heterocycles. The van der Waals surface area contributed by atoms with Crippen LogP contribution in [0, 0.1) is 5.82 Å². The third-order valence-corrected chi connectivity index (χ3v) is 5.59. The van der Waals surface area contributed by atoms with Crippen LogP contribution in [0.4, 0.5) is 20.8 Å². The number of fused-ring (bicyclic) bond motifs is 1. The Morgan fingerprint density at radius 2 is 2.10 bits per heavy atom. The molecule has 3 aromatic rings. The minimum atomic E-state index is -0.433. The maximum Gasteiger partial charge on any atom is 0.322 e. The number of nitrogens with one attached hydrogen (secondary N) is 1. The third-order valence-electron chi connectivity index (χ3n) is 4.66. The zero-order chi connectivity index (χ0) is 21.4. The van der Waals surface area contributed by atoms with E-state index in [1.807, 2.05) is 0 Å². The number of ether oxygens (including phenoxy) is 1. The first kappa shape index (κ1) is 20.4. The summed E-state index contributed by atoms with van der Waals surface area (Å²) in [6, 6.07) is 8.77. The van der Waals surface area contributed by atoms with E-state index in [4.69, 9.17) is 22.1 Å². The van der Waals surface area contributed by atoms with E-state index in [0.717, 1.165) is 5.56 Å². The Labute approximate surface area is 185 Å². The second-order valence-electron chi connectivity index (χ2n) is 6.62. The fourth-order valence-corrected chi connectivity index (χ4v) is 4.17. The van der Waals surface area contributed by atoms with Crippen molar-refractivity contribution in [1.82, 2.24) is 14.9 Å². The van der Waals surface area contributed by atoms with Gasteiger partial charge in [0.1, 0.15) is 11.6 Å². The number of carbonyl (C=O) groups excluding carboxylic acids is 1. The van der Waals surface area contributed by atoms with Gasteiger partial charge in [0.2, 0.25) is 5.95 Å². The van der Waals surface area contributed by atoms with Crippen LogP contribution in [-0.4, -0.2) is 28.0 Å². The standard InChI is InChI=1S/C20H16BrClFN5O2/c1-30-17-6-12(15(22)7-14(17)21)18-13-8-28(9-16(13)26-19(24)27-18)20(29)25-11-4-2-3-10(23)5-11/h2-7H,8-9H2,1H3,(H,25,29)(H2,24,26,27). The van der Waals surface area contributed by atoms with E-state index in [-0.39, 0.29) is 25.1 Å². The van der Waals surface area contributed by atoms with Crippen LogP contribution in [0.3, 0.4) is 0 Å². The van der Waals surface area contributed by atoms with Gasteiger partial charge in [0.15, 0.2) is 0 Å². The molecular formula is C20H16BrClFN5O2. The SMILES string of the molecule is COc1cc(-c2nc(N)nc3c2CN(C(=O)Nc2cccc(F)c2)C3)c(Cl)cc1Br. The molecule has 2 heterocycles. The number of nitrogens with two attached hydrogens (primary N) is 1. The number of rotatable bonds is 3. The molecule has 0 fully saturated rings. The van der Waals surface area contributed by atoms with Crippen molar-refractivity contribution in [3.8, 4) is 17.0 Å². The van der Waals surface area contributed by atoms with Crippen molar-refractivity contribution < 1.29 is 13.9 Å². The second kappa shape index (κ2) is 8.08. The van der Waals surface area contributed by atoms with Crippen LogP contribution in [0.25, 0.3) is 11.3 Å². The second-order valence-corrected chi connectivity index (χ2v) is 7.88. The number of halogens is 3. The van der Waals surface area contributed by atoms with Crippen LogP contribution in [0.1, 0.15) is 11.3 Å². The van der Waals surface area contributed by atoms with E-state index >= 15 is 0 Å². The van der Waals surface area contributed by atoms with E-state index in [9.17, 15) is 9.18 Å². The maximum absolute atomic E-state index is 13.4. The number of urea groups is 1. The molecule has 0 radical (unpaired) electrons. The number of anilines is 2. The van der Waals surface area contributed by atoms with E-state index in [0.29, 0.717) is 37.9 Å². The van der Waals surface area contributed by atoms with Crippen LogP contribution < -0.4 is 15.8 Å². The van der Waals surface area contributed by atoms with E-state index in [1.54, 1.807) is 25.3 Å². The van der Waals surface area contributed by atoms with Gasteiger partial charge in [-0.2, -0.15) is 0 Å². The normalized spacial score (nSPS) is 12.6. The van der Waals surface area contributed by atoms with Gasteiger partial charge in [-0.05, 0) is 46.3 Å². The van der Waals surface area contributed by atoms with E-state index in [2.05, 4.69) is 31.2 Å². The monoisotopic (exact) mass is 491 g/mol. The summed E-state index contributed by atoms with van der Waals surface area (Å²) in [5, 5.41) is 3.14. The molecule has 7 nitrogen and oxygen atoms in total. The van der Waals surface area contributed by atoms with Crippen molar-refractivity contribution in [3.05, 3.63) is 63.0 Å². The lowest BCUT2D eigenvalue weighted by Crippen LogP contribution is -2.30. The Morgan fingerprint density at radius 1 is 1.30 bits per heavy atom. The lowest BCUT2D eigenvalue weighted by Gasteiger charge is -2.16. The summed E-state index contributed by atoms with van der Waals surface area (Å²) in [7, 11) is 1.55. The number of nitrogen functional groups attached to an aromatic ring is 1. The van der Waals surface area contributed by atoms with Crippen LogP contribution in [0.15, 0.2) is 40.9 Å². The molecule has 2 amide bonds. The molecule has 10 heteroatoms. The van der Waals surface area contributed by atoms with Crippen molar-refractivity contribution in [2.45, 2.75) is 13.1 Å². The highest BCUT2D eigenvalue weighted by atomic mass is 79.9. The third kappa shape index (κ3) is 3.90. The smallest absolute Gasteiger partial charge is 0.322 e. The van der Waals surface area contributed by atoms with Crippen molar-refractivity contribution in [2.24, 2.45) is 0 Å². The Morgan fingerprint density at radius 3 is 2.83 bits per heavy atom. The Hall–Kier alpha value is -2.91.